The maximum atomic E-state index is 13.1. The van der Waals surface area contributed by atoms with Gasteiger partial charge in [-0.1, -0.05) is 13.3 Å². The highest BCUT2D eigenvalue weighted by Gasteiger charge is 2.14. The predicted octanol–water partition coefficient (Wildman–Crippen LogP) is 1.89. The number of benzene rings is 1. The number of hydrogen-bond acceptors (Lipinski definition) is 4. The summed E-state index contributed by atoms with van der Waals surface area (Å²) in [5.41, 5.74) is 5.50. The van der Waals surface area contributed by atoms with Gasteiger partial charge in [-0.15, -0.1) is 0 Å². The van der Waals surface area contributed by atoms with Crippen molar-refractivity contribution in [2.45, 2.75) is 31.1 Å². The Morgan fingerprint density at radius 3 is 2.60 bits per heavy atom. The Kier molecular flexibility index (Phi) is 6.90. The normalized spacial score (nSPS) is 11.7. The molecule has 0 fully saturated rings. The molecule has 0 saturated heterocycles. The van der Waals surface area contributed by atoms with Crippen LogP contribution in [0.2, 0.25) is 0 Å². The van der Waals surface area contributed by atoms with E-state index in [4.69, 9.17) is 10.5 Å². The third-order valence-corrected chi connectivity index (χ3v) is 4.04. The molecule has 114 valence electrons. The molecule has 1 aromatic carbocycles. The lowest BCUT2D eigenvalue weighted by molar-refractivity contribution is 0.130. The van der Waals surface area contributed by atoms with Crippen LogP contribution >= 0.6 is 0 Å². The van der Waals surface area contributed by atoms with Crippen molar-refractivity contribution in [1.29, 1.82) is 0 Å². The second-order valence-electron chi connectivity index (χ2n) is 4.44. The first-order valence-corrected chi connectivity index (χ1v) is 8.07. The van der Waals surface area contributed by atoms with Gasteiger partial charge in [-0.25, -0.2) is 17.5 Å². The van der Waals surface area contributed by atoms with Crippen molar-refractivity contribution in [1.82, 2.24) is 4.72 Å². The van der Waals surface area contributed by atoms with E-state index < -0.39 is 15.8 Å². The summed E-state index contributed by atoms with van der Waals surface area (Å²) in [6.07, 6.45) is 2.62. The number of anilines is 1. The Labute approximate surface area is 119 Å². The molecule has 3 N–H and O–H groups in total. The minimum absolute atomic E-state index is 0.0771. The van der Waals surface area contributed by atoms with Gasteiger partial charge >= 0.3 is 0 Å². The standard InChI is InChI=1S/C13H21FN2O3S/c1-2-3-6-19-7-4-5-16-20(17,18)13-9-11(14)8-12(15)10-13/h8-10,16H,2-7,15H2,1H3. The van der Waals surface area contributed by atoms with Crippen LogP contribution in [0.4, 0.5) is 10.1 Å². The Morgan fingerprint density at radius 2 is 1.95 bits per heavy atom. The van der Waals surface area contributed by atoms with Crippen LogP contribution < -0.4 is 10.5 Å². The lowest BCUT2D eigenvalue weighted by Gasteiger charge is -2.08. The number of ether oxygens (including phenoxy) is 1. The molecular formula is C13H21FN2O3S. The number of sulfonamides is 1. The molecule has 0 aromatic heterocycles. The van der Waals surface area contributed by atoms with Gasteiger partial charge in [0.15, 0.2) is 0 Å². The van der Waals surface area contributed by atoms with E-state index in [1.165, 1.54) is 6.07 Å². The van der Waals surface area contributed by atoms with Crippen molar-refractivity contribution in [3.8, 4) is 0 Å². The Hall–Kier alpha value is -1.18. The average Bonchev–Trinajstić information content (AvgIpc) is 2.36. The van der Waals surface area contributed by atoms with Crippen molar-refractivity contribution in [3.05, 3.63) is 24.0 Å². The zero-order valence-electron chi connectivity index (χ0n) is 11.6. The highest BCUT2D eigenvalue weighted by atomic mass is 32.2. The van der Waals surface area contributed by atoms with Crippen LogP contribution in [0.1, 0.15) is 26.2 Å². The van der Waals surface area contributed by atoms with Crippen LogP contribution in [0, 0.1) is 5.82 Å². The summed E-state index contributed by atoms with van der Waals surface area (Å²) in [6.45, 7) is 3.49. The molecule has 0 heterocycles. The number of nitrogens with one attached hydrogen (secondary N) is 1. The van der Waals surface area contributed by atoms with Gasteiger partial charge in [-0.05, 0) is 31.0 Å². The molecule has 20 heavy (non-hydrogen) atoms. The lowest BCUT2D eigenvalue weighted by Crippen LogP contribution is -2.25. The maximum absolute atomic E-state index is 13.1. The summed E-state index contributed by atoms with van der Waals surface area (Å²) in [7, 11) is -3.73. The quantitative estimate of drug-likeness (QED) is 0.539. The second kappa shape index (κ2) is 8.18. The van der Waals surface area contributed by atoms with E-state index in [1.807, 2.05) is 0 Å². The van der Waals surface area contributed by atoms with E-state index in [9.17, 15) is 12.8 Å². The summed E-state index contributed by atoms with van der Waals surface area (Å²) >= 11 is 0. The van der Waals surface area contributed by atoms with Crippen LogP contribution in [0.15, 0.2) is 23.1 Å². The molecule has 0 aliphatic heterocycles. The molecule has 0 unspecified atom stereocenters. The van der Waals surface area contributed by atoms with Crippen LogP contribution in [-0.2, 0) is 14.8 Å². The van der Waals surface area contributed by atoms with E-state index in [0.717, 1.165) is 25.0 Å². The van der Waals surface area contributed by atoms with Gasteiger partial charge in [0.25, 0.3) is 0 Å². The number of halogens is 1. The van der Waals surface area contributed by atoms with Crippen LogP contribution in [-0.4, -0.2) is 28.2 Å². The van der Waals surface area contributed by atoms with Gasteiger partial charge in [-0.2, -0.15) is 0 Å². The topological polar surface area (TPSA) is 81.4 Å². The van der Waals surface area contributed by atoms with Crippen LogP contribution in [0.3, 0.4) is 0 Å². The van der Waals surface area contributed by atoms with Crippen LogP contribution in [0.25, 0.3) is 0 Å². The lowest BCUT2D eigenvalue weighted by atomic mass is 10.3. The van der Waals surface area contributed by atoms with Crippen molar-refractivity contribution in [2.24, 2.45) is 0 Å². The second-order valence-corrected chi connectivity index (χ2v) is 6.20. The zero-order chi connectivity index (χ0) is 15.0. The molecule has 7 heteroatoms. The number of nitrogen functional groups attached to an aromatic ring is 1. The number of hydrogen-bond donors (Lipinski definition) is 2. The molecule has 0 spiro atoms. The van der Waals surface area contributed by atoms with Crippen molar-refractivity contribution >= 4 is 15.7 Å². The van der Waals surface area contributed by atoms with Gasteiger partial charge in [0.2, 0.25) is 10.0 Å². The third kappa shape index (κ3) is 5.85. The summed E-state index contributed by atoms with van der Waals surface area (Å²) < 4.78 is 44.6. The minimum atomic E-state index is -3.73. The smallest absolute Gasteiger partial charge is 0.240 e. The Bertz CT molecular complexity index is 500. The zero-order valence-corrected chi connectivity index (χ0v) is 12.4. The van der Waals surface area contributed by atoms with Gasteiger partial charge < -0.3 is 10.5 Å². The first-order valence-electron chi connectivity index (χ1n) is 6.59. The van der Waals surface area contributed by atoms with Gasteiger partial charge in [-0.3, -0.25) is 0 Å². The molecule has 1 rings (SSSR count). The fraction of sp³-hybridized carbons (Fsp3) is 0.538. The first-order chi connectivity index (χ1) is 9.45. The molecule has 0 aliphatic carbocycles. The van der Waals surface area contributed by atoms with Gasteiger partial charge in [0.1, 0.15) is 5.82 Å². The number of rotatable bonds is 9. The third-order valence-electron chi connectivity index (χ3n) is 2.60. The monoisotopic (exact) mass is 304 g/mol. The highest BCUT2D eigenvalue weighted by molar-refractivity contribution is 7.89. The van der Waals surface area contributed by atoms with Crippen molar-refractivity contribution < 1.29 is 17.5 Å². The minimum Gasteiger partial charge on any atom is -0.399 e. The molecule has 0 bridgehead atoms. The van der Waals surface area contributed by atoms with E-state index in [1.54, 1.807) is 0 Å². The molecule has 0 saturated carbocycles. The Morgan fingerprint density at radius 1 is 1.25 bits per heavy atom. The fourth-order valence-electron chi connectivity index (χ4n) is 1.55. The summed E-state index contributed by atoms with van der Waals surface area (Å²) in [5, 5.41) is 0. The van der Waals surface area contributed by atoms with E-state index in [-0.39, 0.29) is 17.1 Å². The Balaban J connectivity index is 2.42. The number of nitrogens with two attached hydrogens (primary N) is 1. The first kappa shape index (κ1) is 16.9. The molecule has 5 nitrogen and oxygen atoms in total. The van der Waals surface area contributed by atoms with E-state index in [0.29, 0.717) is 19.6 Å². The van der Waals surface area contributed by atoms with E-state index >= 15 is 0 Å². The molecule has 0 amide bonds. The van der Waals surface area contributed by atoms with Gasteiger partial charge in [0.05, 0.1) is 4.90 Å². The largest absolute Gasteiger partial charge is 0.399 e. The SMILES string of the molecule is CCCCOCCCNS(=O)(=O)c1cc(N)cc(F)c1. The van der Waals surface area contributed by atoms with Crippen LogP contribution in [0.5, 0.6) is 0 Å². The number of unbranched alkanes of at least 4 members (excludes halogenated alkanes) is 1. The average molecular weight is 304 g/mol. The summed E-state index contributed by atoms with van der Waals surface area (Å²) in [5.74, 6) is -0.673. The predicted molar refractivity (Wildman–Crippen MR) is 76.3 cm³/mol. The van der Waals surface area contributed by atoms with Gasteiger partial charge in [0, 0.05) is 25.4 Å². The molecule has 0 aliphatic rings. The van der Waals surface area contributed by atoms with Crippen molar-refractivity contribution in [3.63, 3.8) is 0 Å². The molecule has 1 aromatic rings. The molecular weight excluding hydrogens is 283 g/mol. The summed E-state index contributed by atoms with van der Waals surface area (Å²) in [4.78, 5) is -0.165. The van der Waals surface area contributed by atoms with E-state index in [2.05, 4.69) is 11.6 Å². The molecule has 0 radical (unpaired) electrons. The maximum Gasteiger partial charge on any atom is 0.240 e. The summed E-state index contributed by atoms with van der Waals surface area (Å²) in [6, 6.07) is 3.24. The highest BCUT2D eigenvalue weighted by Crippen LogP contribution is 2.15. The fourth-order valence-corrected chi connectivity index (χ4v) is 2.69. The molecule has 0 atom stereocenters. The van der Waals surface area contributed by atoms with Crippen molar-refractivity contribution in [2.75, 3.05) is 25.5 Å².